The summed E-state index contributed by atoms with van der Waals surface area (Å²) in [6.45, 7) is 7.76. The summed E-state index contributed by atoms with van der Waals surface area (Å²) in [5.41, 5.74) is 1.51. The highest BCUT2D eigenvalue weighted by atomic mass is 32.1. The highest BCUT2D eigenvalue weighted by Gasteiger charge is 2.19. The van der Waals surface area contributed by atoms with Crippen molar-refractivity contribution in [1.82, 2.24) is 9.97 Å². The van der Waals surface area contributed by atoms with E-state index in [4.69, 9.17) is 12.2 Å². The average molecular weight is 294 g/mol. The van der Waals surface area contributed by atoms with Crippen LogP contribution in [0.4, 0.5) is 8.78 Å². The Hall–Kier alpha value is -1.62. The van der Waals surface area contributed by atoms with Crippen molar-refractivity contribution in [3.05, 3.63) is 45.9 Å². The van der Waals surface area contributed by atoms with E-state index in [2.05, 4.69) is 9.97 Å². The van der Waals surface area contributed by atoms with Crippen molar-refractivity contribution in [2.75, 3.05) is 0 Å². The van der Waals surface area contributed by atoms with Gasteiger partial charge < -0.3 is 4.98 Å². The predicted octanol–water partition coefficient (Wildman–Crippen LogP) is 4.69. The number of H-pyrrole nitrogens is 1. The zero-order valence-electron chi connectivity index (χ0n) is 11.8. The lowest BCUT2D eigenvalue weighted by molar-refractivity contribution is 0.544. The number of halogens is 2. The molecule has 0 saturated heterocycles. The molecule has 2 nitrogen and oxygen atoms in total. The van der Waals surface area contributed by atoms with Crippen molar-refractivity contribution in [1.29, 1.82) is 0 Å². The largest absolute Gasteiger partial charge is 0.342 e. The maximum absolute atomic E-state index is 13.4. The second kappa shape index (κ2) is 5.05. The summed E-state index contributed by atoms with van der Waals surface area (Å²) in [5.74, 6) is -0.548. The van der Waals surface area contributed by atoms with Crippen molar-refractivity contribution >= 4 is 12.2 Å². The van der Waals surface area contributed by atoms with Crippen LogP contribution in [0.25, 0.3) is 11.3 Å². The van der Waals surface area contributed by atoms with E-state index >= 15 is 0 Å². The van der Waals surface area contributed by atoms with Gasteiger partial charge in [-0.25, -0.2) is 13.8 Å². The van der Waals surface area contributed by atoms with E-state index in [0.29, 0.717) is 27.3 Å². The number of hydrogen-bond acceptors (Lipinski definition) is 2. The Bertz CT molecular complexity index is 695. The molecule has 1 aromatic heterocycles. The van der Waals surface area contributed by atoms with Crippen molar-refractivity contribution in [3.8, 4) is 11.3 Å². The normalized spacial score (nSPS) is 11.7. The fourth-order valence-electron chi connectivity index (χ4n) is 1.87. The summed E-state index contributed by atoms with van der Waals surface area (Å²) in [7, 11) is 0. The van der Waals surface area contributed by atoms with Gasteiger partial charge in [0.05, 0.1) is 5.69 Å². The van der Waals surface area contributed by atoms with Crippen LogP contribution in [-0.2, 0) is 5.41 Å². The molecule has 0 aliphatic rings. The van der Waals surface area contributed by atoms with Gasteiger partial charge in [0.15, 0.2) is 0 Å². The lowest BCUT2D eigenvalue weighted by Gasteiger charge is -2.19. The first kappa shape index (κ1) is 14.8. The predicted molar refractivity (Wildman–Crippen MR) is 78.2 cm³/mol. The fourth-order valence-corrected chi connectivity index (χ4v) is 2.07. The number of aromatic amines is 1. The van der Waals surface area contributed by atoms with Gasteiger partial charge in [0, 0.05) is 22.6 Å². The third-order valence-corrected chi connectivity index (χ3v) is 3.41. The third-order valence-electron chi connectivity index (χ3n) is 3.01. The Morgan fingerprint density at radius 2 is 1.65 bits per heavy atom. The van der Waals surface area contributed by atoms with Crippen molar-refractivity contribution in [2.24, 2.45) is 0 Å². The Morgan fingerprint density at radius 3 is 2.15 bits per heavy atom. The van der Waals surface area contributed by atoms with Crippen LogP contribution in [0.5, 0.6) is 0 Å². The number of rotatable bonds is 1. The van der Waals surface area contributed by atoms with E-state index in [9.17, 15) is 8.78 Å². The number of benzene rings is 1. The third kappa shape index (κ3) is 2.93. The van der Waals surface area contributed by atoms with Gasteiger partial charge in [0.2, 0.25) is 0 Å². The van der Waals surface area contributed by atoms with Crippen LogP contribution in [0.3, 0.4) is 0 Å². The molecule has 0 radical (unpaired) electrons. The zero-order valence-corrected chi connectivity index (χ0v) is 12.7. The average Bonchev–Trinajstić information content (AvgIpc) is 2.29. The van der Waals surface area contributed by atoms with E-state index in [-0.39, 0.29) is 5.41 Å². The van der Waals surface area contributed by atoms with E-state index in [1.165, 1.54) is 12.1 Å². The maximum atomic E-state index is 13.4. The minimum Gasteiger partial charge on any atom is -0.342 e. The summed E-state index contributed by atoms with van der Waals surface area (Å²) in [6.07, 6.45) is 0. The molecule has 0 amide bonds. The standard InChI is InChI=1S/C15H16F2N2S/c1-8-12(9-5-10(16)7-11(17)6-9)18-14(15(2,3)4)19-13(8)20/h5-7H,1-4H3,(H,18,19,20). The molecule has 2 aromatic rings. The smallest absolute Gasteiger partial charge is 0.133 e. The summed E-state index contributed by atoms with van der Waals surface area (Å²) < 4.78 is 27.2. The first-order valence-electron chi connectivity index (χ1n) is 6.26. The fraction of sp³-hybridized carbons (Fsp3) is 0.333. The molecule has 0 saturated carbocycles. The molecule has 0 spiro atoms. The van der Waals surface area contributed by atoms with Crippen molar-refractivity contribution in [3.63, 3.8) is 0 Å². The summed E-state index contributed by atoms with van der Waals surface area (Å²) in [6, 6.07) is 3.41. The molecule has 0 unspecified atom stereocenters. The molecule has 0 aliphatic carbocycles. The van der Waals surface area contributed by atoms with Gasteiger partial charge in [-0.2, -0.15) is 0 Å². The first-order valence-corrected chi connectivity index (χ1v) is 6.67. The molecule has 1 aromatic carbocycles. The first-order chi connectivity index (χ1) is 9.18. The molecule has 0 bridgehead atoms. The number of nitrogens with zero attached hydrogens (tertiary/aromatic N) is 1. The lowest BCUT2D eigenvalue weighted by Crippen LogP contribution is -2.17. The quantitative estimate of drug-likeness (QED) is 0.773. The monoisotopic (exact) mass is 294 g/mol. The molecule has 2 rings (SSSR count). The molecule has 0 aliphatic heterocycles. The zero-order chi connectivity index (χ0) is 15.1. The van der Waals surface area contributed by atoms with Gasteiger partial charge in [0.1, 0.15) is 22.1 Å². The van der Waals surface area contributed by atoms with Crippen LogP contribution in [0, 0.1) is 23.2 Å². The van der Waals surface area contributed by atoms with Crippen LogP contribution in [0.1, 0.15) is 32.2 Å². The Balaban J connectivity index is 2.73. The summed E-state index contributed by atoms with van der Waals surface area (Å²) in [4.78, 5) is 7.50. The molecule has 1 heterocycles. The van der Waals surface area contributed by atoms with Crippen LogP contribution in [0.2, 0.25) is 0 Å². The lowest BCUT2D eigenvalue weighted by atomic mass is 9.95. The minimum atomic E-state index is -0.618. The van der Waals surface area contributed by atoms with Crippen molar-refractivity contribution in [2.45, 2.75) is 33.1 Å². The molecule has 5 heteroatoms. The van der Waals surface area contributed by atoms with Gasteiger partial charge in [0.25, 0.3) is 0 Å². The molecule has 0 atom stereocenters. The minimum absolute atomic E-state index is 0.234. The second-order valence-corrected chi connectivity index (χ2v) is 6.19. The van der Waals surface area contributed by atoms with Gasteiger partial charge in [-0.15, -0.1) is 0 Å². The molecule has 1 N–H and O–H groups in total. The molecule has 20 heavy (non-hydrogen) atoms. The van der Waals surface area contributed by atoms with Crippen LogP contribution in [-0.4, -0.2) is 9.97 Å². The maximum Gasteiger partial charge on any atom is 0.133 e. The number of hydrogen-bond donors (Lipinski definition) is 1. The second-order valence-electron chi connectivity index (χ2n) is 5.80. The summed E-state index contributed by atoms with van der Waals surface area (Å²) in [5, 5.41) is 0. The number of nitrogens with one attached hydrogen (secondary N) is 1. The van der Waals surface area contributed by atoms with E-state index < -0.39 is 11.6 Å². The topological polar surface area (TPSA) is 28.7 Å². The van der Waals surface area contributed by atoms with Gasteiger partial charge >= 0.3 is 0 Å². The van der Waals surface area contributed by atoms with E-state index in [1.54, 1.807) is 6.92 Å². The highest BCUT2D eigenvalue weighted by molar-refractivity contribution is 7.71. The van der Waals surface area contributed by atoms with E-state index in [0.717, 1.165) is 6.07 Å². The Kier molecular flexibility index (Phi) is 3.73. The van der Waals surface area contributed by atoms with Gasteiger partial charge in [-0.3, -0.25) is 0 Å². The van der Waals surface area contributed by atoms with Crippen molar-refractivity contribution < 1.29 is 8.78 Å². The van der Waals surface area contributed by atoms with Gasteiger partial charge in [-0.1, -0.05) is 33.0 Å². The van der Waals surface area contributed by atoms with Crippen LogP contribution >= 0.6 is 12.2 Å². The molecule has 0 fully saturated rings. The molecular formula is C15H16F2N2S. The van der Waals surface area contributed by atoms with E-state index in [1.807, 2.05) is 20.8 Å². The SMILES string of the molecule is Cc1c(-c2cc(F)cc(F)c2)[nH]c(C(C)(C)C)nc1=S. The molecule has 106 valence electrons. The number of aromatic nitrogens is 2. The summed E-state index contributed by atoms with van der Waals surface area (Å²) >= 11 is 5.24. The molecular weight excluding hydrogens is 278 g/mol. The van der Waals surface area contributed by atoms with Gasteiger partial charge in [-0.05, 0) is 19.1 Å². The highest BCUT2D eigenvalue weighted by Crippen LogP contribution is 2.27. The van der Waals surface area contributed by atoms with Crippen LogP contribution < -0.4 is 0 Å². The Morgan fingerprint density at radius 1 is 1.10 bits per heavy atom. The van der Waals surface area contributed by atoms with Crippen LogP contribution in [0.15, 0.2) is 18.2 Å². The Labute approximate surface area is 121 Å².